The van der Waals surface area contributed by atoms with E-state index in [9.17, 15) is 14.5 Å². The van der Waals surface area contributed by atoms with E-state index >= 15 is 0 Å². The van der Waals surface area contributed by atoms with Crippen LogP contribution in [0.1, 0.15) is 38.3 Å². The van der Waals surface area contributed by atoms with Crippen LogP contribution in [0.5, 0.6) is 0 Å². The summed E-state index contributed by atoms with van der Waals surface area (Å²) in [7, 11) is 0. The van der Waals surface area contributed by atoms with Gasteiger partial charge in [0.15, 0.2) is 0 Å². The summed E-state index contributed by atoms with van der Waals surface area (Å²) in [5, 5.41) is 10.8. The number of hydrogen-bond acceptors (Lipinski definition) is 3. The van der Waals surface area contributed by atoms with Gasteiger partial charge in [-0.05, 0) is 30.9 Å². The van der Waals surface area contributed by atoms with Crippen LogP contribution in [-0.4, -0.2) is 4.92 Å². The van der Waals surface area contributed by atoms with Crippen molar-refractivity contribution < 1.29 is 9.31 Å². The first kappa shape index (κ1) is 13.6. The second kappa shape index (κ2) is 5.72. The van der Waals surface area contributed by atoms with Gasteiger partial charge < -0.3 is 5.73 Å². The molecule has 4 nitrogen and oxygen atoms in total. The van der Waals surface area contributed by atoms with E-state index in [2.05, 4.69) is 0 Å². The van der Waals surface area contributed by atoms with Crippen LogP contribution in [0.15, 0.2) is 18.2 Å². The van der Waals surface area contributed by atoms with Crippen molar-refractivity contribution in [1.29, 1.82) is 0 Å². The van der Waals surface area contributed by atoms with E-state index in [4.69, 9.17) is 5.73 Å². The normalized spacial score (nSPS) is 12.8. The molecule has 17 heavy (non-hydrogen) atoms. The van der Waals surface area contributed by atoms with E-state index in [0.29, 0.717) is 12.3 Å². The zero-order valence-electron chi connectivity index (χ0n) is 10.0. The Labute approximate surface area is 99.8 Å². The van der Waals surface area contributed by atoms with E-state index < -0.39 is 16.8 Å². The maximum atomic E-state index is 13.1. The topological polar surface area (TPSA) is 69.2 Å². The second-order valence-corrected chi connectivity index (χ2v) is 4.54. The van der Waals surface area contributed by atoms with Crippen LogP contribution in [0.25, 0.3) is 0 Å². The van der Waals surface area contributed by atoms with Crippen molar-refractivity contribution in [3.63, 3.8) is 0 Å². The van der Waals surface area contributed by atoms with Crippen molar-refractivity contribution >= 4 is 5.69 Å². The molecule has 1 rings (SSSR count). The zero-order chi connectivity index (χ0) is 13.0. The van der Waals surface area contributed by atoms with Gasteiger partial charge in [-0.15, -0.1) is 0 Å². The Balaban J connectivity index is 2.94. The Bertz CT molecular complexity index is 407. The molecule has 1 aromatic carbocycles. The van der Waals surface area contributed by atoms with Crippen LogP contribution < -0.4 is 5.73 Å². The molecule has 0 saturated carbocycles. The third-order valence-corrected chi connectivity index (χ3v) is 2.64. The maximum absolute atomic E-state index is 13.1. The van der Waals surface area contributed by atoms with Gasteiger partial charge in [-0.2, -0.15) is 0 Å². The number of nitro groups is 1. The summed E-state index contributed by atoms with van der Waals surface area (Å²) in [6, 6.07) is 2.91. The Morgan fingerprint density at radius 3 is 2.59 bits per heavy atom. The molecular weight excluding hydrogens is 223 g/mol. The van der Waals surface area contributed by atoms with Crippen LogP contribution in [-0.2, 0) is 0 Å². The molecule has 0 aliphatic carbocycles. The summed E-state index contributed by atoms with van der Waals surface area (Å²) in [4.78, 5) is 10.3. The lowest BCUT2D eigenvalue weighted by Crippen LogP contribution is -2.13. The Morgan fingerprint density at radius 1 is 1.41 bits per heavy atom. The second-order valence-electron chi connectivity index (χ2n) is 4.54. The monoisotopic (exact) mass is 240 g/mol. The van der Waals surface area contributed by atoms with Crippen LogP contribution in [0.4, 0.5) is 10.1 Å². The molecule has 0 heterocycles. The lowest BCUT2D eigenvalue weighted by molar-refractivity contribution is -0.385. The zero-order valence-corrected chi connectivity index (χ0v) is 10.0. The highest BCUT2D eigenvalue weighted by atomic mass is 19.1. The fraction of sp³-hybridized carbons (Fsp3) is 0.500. The van der Waals surface area contributed by atoms with E-state index in [1.165, 1.54) is 6.07 Å². The first-order valence-corrected chi connectivity index (χ1v) is 5.61. The molecule has 0 aliphatic heterocycles. The maximum Gasteiger partial charge on any atom is 0.274 e. The predicted octanol–water partition coefficient (Wildman–Crippen LogP) is 3.17. The van der Waals surface area contributed by atoms with Crippen molar-refractivity contribution in [2.24, 2.45) is 11.7 Å². The molecular formula is C12H17FN2O2. The first-order valence-electron chi connectivity index (χ1n) is 5.61. The minimum atomic E-state index is -0.524. The largest absolute Gasteiger partial charge is 0.324 e. The summed E-state index contributed by atoms with van der Waals surface area (Å²) < 4.78 is 13.1. The quantitative estimate of drug-likeness (QED) is 0.634. The Hall–Kier alpha value is -1.49. The average molecular weight is 240 g/mol. The highest BCUT2D eigenvalue weighted by Gasteiger charge is 2.20. The summed E-state index contributed by atoms with van der Waals surface area (Å²) in [5.41, 5.74) is 6.04. The summed E-state index contributed by atoms with van der Waals surface area (Å²) >= 11 is 0. The third-order valence-electron chi connectivity index (χ3n) is 2.64. The van der Waals surface area contributed by atoms with Gasteiger partial charge in [0.25, 0.3) is 5.69 Å². The molecule has 94 valence electrons. The van der Waals surface area contributed by atoms with Crippen LogP contribution in [0.3, 0.4) is 0 Å². The molecule has 0 unspecified atom stereocenters. The molecule has 0 aliphatic rings. The van der Waals surface area contributed by atoms with Gasteiger partial charge in [-0.3, -0.25) is 10.1 Å². The minimum absolute atomic E-state index is 0.109. The SMILES string of the molecule is CC(C)CC[C@@H](N)c1cc(F)ccc1[N+](=O)[O-]. The smallest absolute Gasteiger partial charge is 0.274 e. The van der Waals surface area contributed by atoms with Gasteiger partial charge in [0.05, 0.1) is 4.92 Å². The van der Waals surface area contributed by atoms with Gasteiger partial charge in [-0.1, -0.05) is 13.8 Å². The highest BCUT2D eigenvalue weighted by molar-refractivity contribution is 5.42. The molecule has 5 heteroatoms. The molecule has 0 saturated heterocycles. The van der Waals surface area contributed by atoms with Crippen molar-refractivity contribution in [3.8, 4) is 0 Å². The molecule has 0 fully saturated rings. The summed E-state index contributed by atoms with van der Waals surface area (Å²) in [6.07, 6.45) is 1.47. The van der Waals surface area contributed by atoms with Crippen molar-refractivity contribution in [1.82, 2.24) is 0 Å². The van der Waals surface area contributed by atoms with Gasteiger partial charge in [0.1, 0.15) is 5.82 Å². The number of rotatable bonds is 5. The third kappa shape index (κ3) is 3.78. The molecule has 2 N–H and O–H groups in total. The fourth-order valence-electron chi connectivity index (χ4n) is 1.66. The van der Waals surface area contributed by atoms with E-state index in [1.807, 2.05) is 13.8 Å². The van der Waals surface area contributed by atoms with Gasteiger partial charge in [0.2, 0.25) is 0 Å². The fourth-order valence-corrected chi connectivity index (χ4v) is 1.66. The van der Waals surface area contributed by atoms with Crippen LogP contribution in [0.2, 0.25) is 0 Å². The van der Waals surface area contributed by atoms with Crippen molar-refractivity contribution in [3.05, 3.63) is 39.7 Å². The lowest BCUT2D eigenvalue weighted by Gasteiger charge is -2.13. The Morgan fingerprint density at radius 2 is 2.06 bits per heavy atom. The number of hydrogen-bond donors (Lipinski definition) is 1. The molecule has 1 aromatic rings. The molecule has 1 atom stereocenters. The van der Waals surface area contributed by atoms with E-state index in [0.717, 1.165) is 18.6 Å². The van der Waals surface area contributed by atoms with Gasteiger partial charge in [0, 0.05) is 17.7 Å². The molecule has 0 aromatic heterocycles. The number of nitrogens with zero attached hydrogens (tertiary/aromatic N) is 1. The molecule has 0 radical (unpaired) electrons. The van der Waals surface area contributed by atoms with Crippen LogP contribution >= 0.6 is 0 Å². The first-order chi connectivity index (χ1) is 7.91. The molecule has 0 bridgehead atoms. The van der Waals surface area contributed by atoms with Crippen LogP contribution in [0, 0.1) is 21.8 Å². The summed E-state index contributed by atoms with van der Waals surface area (Å²) in [5.74, 6) is -0.0285. The Kier molecular flexibility index (Phi) is 4.57. The number of halogens is 1. The van der Waals surface area contributed by atoms with E-state index in [1.54, 1.807) is 0 Å². The highest BCUT2D eigenvalue weighted by Crippen LogP contribution is 2.28. The minimum Gasteiger partial charge on any atom is -0.324 e. The molecule has 0 amide bonds. The lowest BCUT2D eigenvalue weighted by atomic mass is 9.97. The van der Waals surface area contributed by atoms with E-state index in [-0.39, 0.29) is 11.3 Å². The average Bonchev–Trinajstić information content (AvgIpc) is 2.25. The van der Waals surface area contributed by atoms with Gasteiger partial charge in [-0.25, -0.2) is 4.39 Å². The molecule has 0 spiro atoms. The predicted molar refractivity (Wildman–Crippen MR) is 64.1 cm³/mol. The summed E-state index contributed by atoms with van der Waals surface area (Å²) in [6.45, 7) is 4.10. The number of nitro benzene ring substituents is 1. The van der Waals surface area contributed by atoms with Gasteiger partial charge >= 0.3 is 0 Å². The van der Waals surface area contributed by atoms with Crippen molar-refractivity contribution in [2.75, 3.05) is 0 Å². The number of benzene rings is 1. The van der Waals surface area contributed by atoms with Crippen molar-refractivity contribution in [2.45, 2.75) is 32.7 Å². The standard InChI is InChI=1S/C12H17FN2O2/c1-8(2)3-5-11(14)10-7-9(13)4-6-12(10)15(16)17/h4,6-8,11H,3,5,14H2,1-2H3/t11-/m1/s1. The number of nitrogens with two attached hydrogens (primary N) is 1.